The number of carbonyl (C=O) groups is 1. The summed E-state index contributed by atoms with van der Waals surface area (Å²) < 4.78 is 10.5. The molecule has 2 N–H and O–H groups in total. The second-order valence-electron chi connectivity index (χ2n) is 4.92. The van der Waals surface area contributed by atoms with E-state index in [1.807, 2.05) is 13.8 Å². The van der Waals surface area contributed by atoms with Gasteiger partial charge in [-0.25, -0.2) is 0 Å². The van der Waals surface area contributed by atoms with Crippen molar-refractivity contribution in [2.45, 2.75) is 39.2 Å². The molecule has 4 heteroatoms. The minimum absolute atomic E-state index is 0.264. The molecule has 0 radical (unpaired) electrons. The van der Waals surface area contributed by atoms with Gasteiger partial charge in [0.15, 0.2) is 0 Å². The molecule has 0 aromatic carbocycles. The third-order valence-corrected chi connectivity index (χ3v) is 2.83. The largest absolute Gasteiger partial charge is 0.464 e. The zero-order chi connectivity index (χ0) is 12.0. The Morgan fingerprint density at radius 3 is 2.62 bits per heavy atom. The van der Waals surface area contributed by atoms with Crippen molar-refractivity contribution in [1.82, 2.24) is 0 Å². The molecular formula is C12H23NO3. The lowest BCUT2D eigenvalue weighted by atomic mass is 10.0. The Bertz CT molecular complexity index is 212. The zero-order valence-electron chi connectivity index (χ0n) is 10.3. The molecule has 1 saturated heterocycles. The van der Waals surface area contributed by atoms with E-state index < -0.39 is 6.04 Å². The molecule has 0 aromatic rings. The van der Waals surface area contributed by atoms with Gasteiger partial charge in [0, 0.05) is 13.2 Å². The van der Waals surface area contributed by atoms with Crippen LogP contribution in [0.2, 0.25) is 0 Å². The maximum atomic E-state index is 11.5. The predicted molar refractivity (Wildman–Crippen MR) is 61.9 cm³/mol. The van der Waals surface area contributed by atoms with Crippen LogP contribution in [0.25, 0.3) is 0 Å². The molecule has 16 heavy (non-hydrogen) atoms. The first-order valence-corrected chi connectivity index (χ1v) is 6.09. The van der Waals surface area contributed by atoms with Crippen LogP contribution in [0, 0.1) is 11.8 Å². The summed E-state index contributed by atoms with van der Waals surface area (Å²) in [6.45, 7) is 6.14. The van der Waals surface area contributed by atoms with Gasteiger partial charge in [-0.2, -0.15) is 0 Å². The molecule has 0 saturated carbocycles. The summed E-state index contributed by atoms with van der Waals surface area (Å²) in [5, 5.41) is 0. The molecule has 1 aliphatic rings. The van der Waals surface area contributed by atoms with Gasteiger partial charge in [-0.3, -0.25) is 4.79 Å². The first kappa shape index (κ1) is 13.5. The summed E-state index contributed by atoms with van der Waals surface area (Å²) in [6, 6.07) is -0.472. The first-order chi connectivity index (χ1) is 7.59. The Morgan fingerprint density at radius 1 is 1.44 bits per heavy atom. The monoisotopic (exact) mass is 229 g/mol. The van der Waals surface area contributed by atoms with E-state index in [1.54, 1.807) is 0 Å². The van der Waals surface area contributed by atoms with Gasteiger partial charge in [-0.15, -0.1) is 0 Å². The maximum Gasteiger partial charge on any atom is 0.322 e. The Labute approximate surface area is 97.5 Å². The highest BCUT2D eigenvalue weighted by atomic mass is 16.5. The number of rotatable bonds is 5. The Kier molecular flexibility index (Phi) is 5.77. The molecule has 0 aliphatic carbocycles. The highest BCUT2D eigenvalue weighted by Crippen LogP contribution is 2.15. The smallest absolute Gasteiger partial charge is 0.322 e. The normalized spacial score (nSPS) is 19.8. The number of ether oxygens (including phenoxy) is 2. The molecule has 94 valence electrons. The van der Waals surface area contributed by atoms with Crippen LogP contribution < -0.4 is 5.73 Å². The van der Waals surface area contributed by atoms with E-state index in [2.05, 4.69) is 0 Å². The Balaban J connectivity index is 2.17. The van der Waals surface area contributed by atoms with E-state index in [0.29, 0.717) is 24.9 Å². The maximum absolute atomic E-state index is 11.5. The molecule has 0 amide bonds. The summed E-state index contributed by atoms with van der Waals surface area (Å²) in [6.07, 6.45) is 2.64. The fourth-order valence-corrected chi connectivity index (χ4v) is 1.82. The average molecular weight is 229 g/mol. The van der Waals surface area contributed by atoms with Crippen LogP contribution in [0.1, 0.15) is 33.1 Å². The zero-order valence-corrected chi connectivity index (χ0v) is 10.3. The highest BCUT2D eigenvalue weighted by molar-refractivity contribution is 5.75. The van der Waals surface area contributed by atoms with Crippen LogP contribution in [-0.4, -0.2) is 31.8 Å². The van der Waals surface area contributed by atoms with Gasteiger partial charge in [0.2, 0.25) is 0 Å². The Hall–Kier alpha value is -0.610. The fraction of sp³-hybridized carbons (Fsp3) is 0.917. The van der Waals surface area contributed by atoms with E-state index >= 15 is 0 Å². The number of hydrogen-bond donors (Lipinski definition) is 1. The molecule has 0 spiro atoms. The molecule has 4 nitrogen and oxygen atoms in total. The Morgan fingerprint density at radius 2 is 2.06 bits per heavy atom. The molecular weight excluding hydrogens is 206 g/mol. The number of carbonyl (C=O) groups excluding carboxylic acids is 1. The molecule has 1 atom stereocenters. The van der Waals surface area contributed by atoms with Crippen molar-refractivity contribution in [3.8, 4) is 0 Å². The van der Waals surface area contributed by atoms with Gasteiger partial charge >= 0.3 is 5.97 Å². The van der Waals surface area contributed by atoms with Crippen molar-refractivity contribution >= 4 is 5.97 Å². The van der Waals surface area contributed by atoms with Gasteiger partial charge in [0.05, 0.1) is 6.61 Å². The van der Waals surface area contributed by atoms with E-state index in [0.717, 1.165) is 26.1 Å². The molecule has 1 fully saturated rings. The van der Waals surface area contributed by atoms with Crippen molar-refractivity contribution in [2.24, 2.45) is 17.6 Å². The summed E-state index contributed by atoms with van der Waals surface area (Å²) >= 11 is 0. The summed E-state index contributed by atoms with van der Waals surface area (Å²) in [5.41, 5.74) is 5.73. The predicted octanol–water partition coefficient (Wildman–Crippen LogP) is 1.33. The second kappa shape index (κ2) is 6.86. The number of esters is 1. The minimum Gasteiger partial charge on any atom is -0.464 e. The van der Waals surface area contributed by atoms with Crippen molar-refractivity contribution in [3.05, 3.63) is 0 Å². The van der Waals surface area contributed by atoms with Gasteiger partial charge in [-0.1, -0.05) is 13.8 Å². The topological polar surface area (TPSA) is 61.6 Å². The van der Waals surface area contributed by atoms with Crippen LogP contribution in [0.3, 0.4) is 0 Å². The van der Waals surface area contributed by atoms with E-state index in [9.17, 15) is 4.79 Å². The van der Waals surface area contributed by atoms with Crippen LogP contribution >= 0.6 is 0 Å². The number of hydrogen-bond acceptors (Lipinski definition) is 4. The summed E-state index contributed by atoms with van der Waals surface area (Å²) in [7, 11) is 0. The van der Waals surface area contributed by atoms with Gasteiger partial charge in [0.25, 0.3) is 0 Å². The van der Waals surface area contributed by atoms with Crippen LogP contribution in [0.15, 0.2) is 0 Å². The van der Waals surface area contributed by atoms with E-state index in [4.69, 9.17) is 15.2 Å². The van der Waals surface area contributed by atoms with Gasteiger partial charge in [0.1, 0.15) is 6.04 Å². The fourth-order valence-electron chi connectivity index (χ4n) is 1.82. The standard InChI is InChI=1S/C12H23NO3/c1-9(2)7-11(13)12(14)16-8-10-3-5-15-6-4-10/h9-11H,3-8,13H2,1-2H3. The third kappa shape index (κ3) is 4.94. The lowest BCUT2D eigenvalue weighted by molar-refractivity contribution is -0.148. The van der Waals surface area contributed by atoms with Crippen molar-refractivity contribution < 1.29 is 14.3 Å². The molecule has 1 rings (SSSR count). The first-order valence-electron chi connectivity index (χ1n) is 6.09. The van der Waals surface area contributed by atoms with Crippen molar-refractivity contribution in [1.29, 1.82) is 0 Å². The van der Waals surface area contributed by atoms with Crippen LogP contribution in [0.4, 0.5) is 0 Å². The van der Waals surface area contributed by atoms with Crippen LogP contribution in [-0.2, 0) is 14.3 Å². The molecule has 0 bridgehead atoms. The van der Waals surface area contributed by atoms with Crippen LogP contribution in [0.5, 0.6) is 0 Å². The number of nitrogens with two attached hydrogens (primary N) is 1. The second-order valence-corrected chi connectivity index (χ2v) is 4.92. The SMILES string of the molecule is CC(C)CC(N)C(=O)OCC1CCOCC1. The minimum atomic E-state index is -0.472. The third-order valence-electron chi connectivity index (χ3n) is 2.83. The molecule has 0 aromatic heterocycles. The van der Waals surface area contributed by atoms with Crippen molar-refractivity contribution in [2.75, 3.05) is 19.8 Å². The highest BCUT2D eigenvalue weighted by Gasteiger charge is 2.20. The summed E-state index contributed by atoms with van der Waals surface area (Å²) in [4.78, 5) is 11.5. The van der Waals surface area contributed by atoms with Gasteiger partial charge in [-0.05, 0) is 31.1 Å². The lowest BCUT2D eigenvalue weighted by Gasteiger charge is -2.22. The quantitative estimate of drug-likeness (QED) is 0.722. The molecule has 1 heterocycles. The van der Waals surface area contributed by atoms with Gasteiger partial charge < -0.3 is 15.2 Å². The van der Waals surface area contributed by atoms with E-state index in [1.165, 1.54) is 0 Å². The van der Waals surface area contributed by atoms with Crippen molar-refractivity contribution in [3.63, 3.8) is 0 Å². The molecule has 1 unspecified atom stereocenters. The molecule has 1 aliphatic heterocycles. The lowest BCUT2D eigenvalue weighted by Crippen LogP contribution is -2.35. The average Bonchev–Trinajstić information content (AvgIpc) is 2.26. The van der Waals surface area contributed by atoms with E-state index in [-0.39, 0.29) is 5.97 Å². The summed E-state index contributed by atoms with van der Waals surface area (Å²) in [5.74, 6) is 0.606.